The van der Waals surface area contributed by atoms with Crippen LogP contribution >= 0.6 is 23.5 Å². The summed E-state index contributed by atoms with van der Waals surface area (Å²) in [6.07, 6.45) is 0. The summed E-state index contributed by atoms with van der Waals surface area (Å²) in [5, 5.41) is 1.13. The van der Waals surface area contributed by atoms with Crippen molar-refractivity contribution in [3.63, 3.8) is 0 Å². The molecule has 7 rings (SSSR count). The van der Waals surface area contributed by atoms with Crippen molar-refractivity contribution in [1.29, 1.82) is 0 Å². The summed E-state index contributed by atoms with van der Waals surface area (Å²) in [7, 11) is 0. The number of benzene rings is 5. The van der Waals surface area contributed by atoms with E-state index in [1.165, 1.54) is 43.2 Å². The Balaban J connectivity index is 1.54. The molecule has 0 aromatic heterocycles. The Bertz CT molecular complexity index is 1550. The third-order valence-corrected chi connectivity index (χ3v) is 9.94. The minimum Gasteiger partial charge on any atom is -0.245 e. The first kappa shape index (κ1) is 22.7. The Morgan fingerprint density at radius 2 is 1.14 bits per heavy atom. The Labute approximate surface area is 226 Å². The zero-order valence-corrected chi connectivity index (χ0v) is 22.1. The van der Waals surface area contributed by atoms with Gasteiger partial charge < -0.3 is 0 Å². The van der Waals surface area contributed by atoms with Crippen molar-refractivity contribution in [2.75, 3.05) is 0 Å². The minimum absolute atomic E-state index is 0.0487. The van der Waals surface area contributed by atoms with E-state index < -0.39 is 0 Å². The van der Waals surface area contributed by atoms with Crippen molar-refractivity contribution >= 4 is 34.3 Å². The molecular weight excluding hydrogens is 487 g/mol. The smallest absolute Gasteiger partial charge is 0.101 e. The van der Waals surface area contributed by atoms with E-state index in [0.717, 1.165) is 10.7 Å². The van der Waals surface area contributed by atoms with Crippen LogP contribution in [0.25, 0.3) is 0 Å². The van der Waals surface area contributed by atoms with Gasteiger partial charge in [-0.15, -0.1) is 0 Å². The monoisotopic (exact) mass is 511 g/mol. The normalized spacial score (nSPS) is 15.0. The topological polar surface area (TPSA) is 12.4 Å². The van der Waals surface area contributed by atoms with Crippen LogP contribution in [0.15, 0.2) is 142 Å². The van der Waals surface area contributed by atoms with Crippen molar-refractivity contribution < 1.29 is 0 Å². The van der Waals surface area contributed by atoms with E-state index in [4.69, 9.17) is 4.99 Å². The summed E-state index contributed by atoms with van der Waals surface area (Å²) < 4.78 is -0.376. The SMILES string of the molecule is Cc1ccc2c(c1)C1(SC(C(c3ccccc3)c3ccccc3)=N2)c2ccccc2Sc2ccccc21. The fourth-order valence-corrected chi connectivity index (χ4v) is 8.65. The molecule has 178 valence electrons. The molecule has 2 heterocycles. The fourth-order valence-electron chi connectivity index (χ4n) is 5.63. The molecular formula is C34H25NS2. The lowest BCUT2D eigenvalue weighted by atomic mass is 9.81. The summed E-state index contributed by atoms with van der Waals surface area (Å²) in [6.45, 7) is 2.18. The first-order chi connectivity index (χ1) is 18.2. The fraction of sp³-hybridized carbons (Fsp3) is 0.0882. The van der Waals surface area contributed by atoms with Crippen molar-refractivity contribution in [1.82, 2.24) is 0 Å². The third kappa shape index (κ3) is 3.68. The Morgan fingerprint density at radius 1 is 0.595 bits per heavy atom. The van der Waals surface area contributed by atoms with Gasteiger partial charge in [0.25, 0.3) is 0 Å². The first-order valence-electron chi connectivity index (χ1n) is 12.6. The second-order valence-corrected chi connectivity index (χ2v) is 11.9. The van der Waals surface area contributed by atoms with Crippen LogP contribution in [0.2, 0.25) is 0 Å². The van der Waals surface area contributed by atoms with Gasteiger partial charge in [0.15, 0.2) is 0 Å². The number of aliphatic imine (C=N–C) groups is 1. The molecule has 5 aromatic rings. The summed E-state index contributed by atoms with van der Waals surface area (Å²) in [5.41, 5.74) is 8.82. The van der Waals surface area contributed by atoms with E-state index in [0.29, 0.717) is 0 Å². The maximum absolute atomic E-state index is 5.41. The Morgan fingerprint density at radius 3 is 1.73 bits per heavy atom. The van der Waals surface area contributed by atoms with Gasteiger partial charge in [0.2, 0.25) is 0 Å². The second kappa shape index (κ2) is 9.09. The van der Waals surface area contributed by atoms with Crippen LogP contribution in [-0.4, -0.2) is 5.04 Å². The number of hydrogen-bond acceptors (Lipinski definition) is 3. The molecule has 2 aliphatic rings. The quantitative estimate of drug-likeness (QED) is 0.239. The van der Waals surface area contributed by atoms with E-state index in [1.54, 1.807) is 0 Å². The van der Waals surface area contributed by atoms with Crippen molar-refractivity contribution in [2.24, 2.45) is 4.99 Å². The molecule has 0 atom stereocenters. The molecule has 3 heteroatoms. The highest BCUT2D eigenvalue weighted by Gasteiger charge is 2.48. The molecule has 2 aliphatic heterocycles. The number of nitrogens with zero attached hydrogens (tertiary/aromatic N) is 1. The van der Waals surface area contributed by atoms with Gasteiger partial charge in [-0.2, -0.15) is 0 Å². The van der Waals surface area contributed by atoms with Gasteiger partial charge >= 0.3 is 0 Å². The Kier molecular flexibility index (Phi) is 5.57. The first-order valence-corrected chi connectivity index (χ1v) is 14.2. The summed E-state index contributed by atoms with van der Waals surface area (Å²) in [6, 6.07) is 46.3. The molecule has 0 fully saturated rings. The predicted molar refractivity (Wildman–Crippen MR) is 157 cm³/mol. The average Bonchev–Trinajstić information content (AvgIpc) is 2.95. The molecule has 0 amide bonds. The van der Waals surface area contributed by atoms with Crippen molar-refractivity contribution in [3.8, 4) is 0 Å². The van der Waals surface area contributed by atoms with Crippen LogP contribution in [0.3, 0.4) is 0 Å². The van der Waals surface area contributed by atoms with Gasteiger partial charge in [-0.3, -0.25) is 0 Å². The standard InChI is InChI=1S/C34H25NS2/c1-23-20-21-29-28(22-23)34(26-16-8-10-18-30(26)36-31-19-11-9-17-27(31)34)37-33(35-29)32(24-12-4-2-5-13-24)25-14-6-3-7-15-25/h2-22,32H,1H3. The van der Waals surface area contributed by atoms with Crippen LogP contribution in [0, 0.1) is 6.92 Å². The van der Waals surface area contributed by atoms with E-state index in [-0.39, 0.29) is 10.7 Å². The molecule has 0 unspecified atom stereocenters. The van der Waals surface area contributed by atoms with Crippen LogP contribution in [0.5, 0.6) is 0 Å². The molecule has 1 nitrogen and oxygen atoms in total. The number of aryl methyl sites for hydroxylation is 1. The summed E-state index contributed by atoms with van der Waals surface area (Å²) >= 11 is 3.80. The average molecular weight is 512 g/mol. The zero-order chi connectivity index (χ0) is 24.8. The lowest BCUT2D eigenvalue weighted by molar-refractivity contribution is 0.831. The van der Waals surface area contributed by atoms with Crippen LogP contribution in [-0.2, 0) is 4.75 Å². The van der Waals surface area contributed by atoms with Crippen LogP contribution in [0.4, 0.5) is 5.69 Å². The predicted octanol–water partition coefficient (Wildman–Crippen LogP) is 9.36. The van der Waals surface area contributed by atoms with Gasteiger partial charge in [-0.25, -0.2) is 4.99 Å². The maximum Gasteiger partial charge on any atom is 0.101 e. The molecule has 0 N–H and O–H groups in total. The minimum atomic E-state index is -0.376. The van der Waals surface area contributed by atoms with Crippen LogP contribution < -0.4 is 0 Å². The van der Waals surface area contributed by atoms with E-state index in [9.17, 15) is 0 Å². The van der Waals surface area contributed by atoms with Gasteiger partial charge in [-0.05, 0) is 47.4 Å². The van der Waals surface area contributed by atoms with Crippen molar-refractivity contribution in [2.45, 2.75) is 27.4 Å². The highest BCUT2D eigenvalue weighted by atomic mass is 32.2. The van der Waals surface area contributed by atoms with Crippen molar-refractivity contribution in [3.05, 3.63) is 161 Å². The largest absolute Gasteiger partial charge is 0.245 e. The third-order valence-electron chi connectivity index (χ3n) is 7.29. The molecule has 0 saturated carbocycles. The molecule has 0 bridgehead atoms. The second-order valence-electron chi connectivity index (χ2n) is 9.60. The van der Waals surface area contributed by atoms with E-state index >= 15 is 0 Å². The number of hydrogen-bond donors (Lipinski definition) is 0. The van der Waals surface area contributed by atoms with Gasteiger partial charge in [0.05, 0.1) is 16.6 Å². The van der Waals surface area contributed by atoms with E-state index in [2.05, 4.69) is 134 Å². The highest BCUT2D eigenvalue weighted by molar-refractivity contribution is 8.15. The lowest BCUT2D eigenvalue weighted by Gasteiger charge is -2.44. The molecule has 5 aromatic carbocycles. The number of fused-ring (bicyclic) bond motifs is 6. The molecule has 37 heavy (non-hydrogen) atoms. The number of thioether (sulfide) groups is 1. The highest BCUT2D eigenvalue weighted by Crippen LogP contribution is 2.62. The molecule has 1 spiro atoms. The molecule has 0 saturated heterocycles. The molecule has 0 aliphatic carbocycles. The van der Waals surface area contributed by atoms with Gasteiger partial charge in [0, 0.05) is 15.4 Å². The lowest BCUT2D eigenvalue weighted by Crippen LogP contribution is -2.34. The van der Waals surface area contributed by atoms with Gasteiger partial charge in [0.1, 0.15) is 4.75 Å². The van der Waals surface area contributed by atoms with Gasteiger partial charge in [-0.1, -0.05) is 138 Å². The summed E-state index contributed by atoms with van der Waals surface area (Å²) in [4.78, 5) is 8.04. The molecule has 0 radical (unpaired) electrons. The maximum atomic E-state index is 5.41. The summed E-state index contributed by atoms with van der Waals surface area (Å²) in [5.74, 6) is 0.0487. The van der Waals surface area contributed by atoms with E-state index in [1.807, 2.05) is 23.5 Å². The van der Waals surface area contributed by atoms with Crippen LogP contribution in [0.1, 0.15) is 39.3 Å². The Hall–Kier alpha value is -3.53. The zero-order valence-electron chi connectivity index (χ0n) is 20.5. The number of rotatable bonds is 3.